The monoisotopic (exact) mass is 446 g/mol. The number of rotatable bonds is 7. The summed E-state index contributed by atoms with van der Waals surface area (Å²) in [5, 5.41) is 0. The van der Waals surface area contributed by atoms with Crippen LogP contribution < -0.4 is 14.4 Å². The maximum Gasteiger partial charge on any atom is 0.250 e. The van der Waals surface area contributed by atoms with Crippen molar-refractivity contribution in [1.82, 2.24) is 4.31 Å². The van der Waals surface area contributed by atoms with Crippen LogP contribution in [0.25, 0.3) is 6.08 Å². The van der Waals surface area contributed by atoms with Gasteiger partial charge in [-0.1, -0.05) is 12.1 Å². The molecular formula is C22H26N2O6S. The van der Waals surface area contributed by atoms with Crippen LogP contribution >= 0.6 is 0 Å². The van der Waals surface area contributed by atoms with E-state index in [1.165, 1.54) is 22.4 Å². The molecule has 1 aliphatic heterocycles. The van der Waals surface area contributed by atoms with Gasteiger partial charge in [0, 0.05) is 38.0 Å². The minimum absolute atomic E-state index is 0.223. The van der Waals surface area contributed by atoms with Crippen LogP contribution in [0.5, 0.6) is 11.5 Å². The van der Waals surface area contributed by atoms with Crippen molar-refractivity contribution in [1.29, 1.82) is 0 Å². The number of hydrogen-bond donors (Lipinski definition) is 0. The highest BCUT2D eigenvalue weighted by atomic mass is 32.2. The number of nitrogens with zero attached hydrogens (tertiary/aromatic N) is 2. The first kappa shape index (κ1) is 22.8. The summed E-state index contributed by atoms with van der Waals surface area (Å²) < 4.78 is 42.5. The highest BCUT2D eigenvalue weighted by molar-refractivity contribution is 7.89. The molecule has 0 spiro atoms. The number of methoxy groups -OCH3 is 2. The van der Waals surface area contributed by atoms with E-state index < -0.39 is 10.0 Å². The van der Waals surface area contributed by atoms with Gasteiger partial charge in [0.05, 0.1) is 32.3 Å². The van der Waals surface area contributed by atoms with Crippen molar-refractivity contribution in [3.8, 4) is 11.5 Å². The van der Waals surface area contributed by atoms with E-state index in [9.17, 15) is 13.2 Å². The third kappa shape index (κ3) is 5.25. The smallest absolute Gasteiger partial charge is 0.250 e. The fourth-order valence-electron chi connectivity index (χ4n) is 3.13. The van der Waals surface area contributed by atoms with Gasteiger partial charge in [-0.25, -0.2) is 8.42 Å². The predicted molar refractivity (Wildman–Crippen MR) is 118 cm³/mol. The fraction of sp³-hybridized carbons (Fsp3) is 0.318. The number of morpholine rings is 1. The lowest BCUT2D eigenvalue weighted by atomic mass is 10.2. The van der Waals surface area contributed by atoms with Crippen LogP contribution in [0, 0.1) is 0 Å². The zero-order valence-corrected chi connectivity index (χ0v) is 18.6. The first-order valence-corrected chi connectivity index (χ1v) is 11.2. The lowest BCUT2D eigenvalue weighted by Gasteiger charge is -2.26. The molecule has 0 radical (unpaired) electrons. The second kappa shape index (κ2) is 9.95. The Morgan fingerprint density at radius 1 is 1.03 bits per heavy atom. The molecular weight excluding hydrogens is 420 g/mol. The molecule has 0 aliphatic carbocycles. The number of ether oxygens (including phenoxy) is 3. The maximum absolute atomic E-state index is 12.7. The molecule has 1 fully saturated rings. The minimum Gasteiger partial charge on any atom is -0.493 e. The second-order valence-corrected chi connectivity index (χ2v) is 8.79. The second-order valence-electron chi connectivity index (χ2n) is 6.86. The number of anilines is 1. The lowest BCUT2D eigenvalue weighted by molar-refractivity contribution is -0.113. The van der Waals surface area contributed by atoms with Gasteiger partial charge in [0.2, 0.25) is 10.0 Å². The summed E-state index contributed by atoms with van der Waals surface area (Å²) in [6.07, 6.45) is 3.08. The van der Waals surface area contributed by atoms with Gasteiger partial charge in [-0.3, -0.25) is 4.79 Å². The van der Waals surface area contributed by atoms with Gasteiger partial charge in [-0.2, -0.15) is 4.31 Å². The van der Waals surface area contributed by atoms with E-state index >= 15 is 0 Å². The summed E-state index contributed by atoms with van der Waals surface area (Å²) in [4.78, 5) is 14.3. The zero-order chi connectivity index (χ0) is 22.4. The minimum atomic E-state index is -3.54. The average molecular weight is 447 g/mol. The van der Waals surface area contributed by atoms with Crippen molar-refractivity contribution in [3.05, 3.63) is 54.1 Å². The molecule has 166 valence electrons. The van der Waals surface area contributed by atoms with Crippen LogP contribution in [0.2, 0.25) is 0 Å². The Morgan fingerprint density at radius 2 is 1.68 bits per heavy atom. The Balaban J connectivity index is 1.69. The number of sulfonamides is 1. The molecule has 9 heteroatoms. The Morgan fingerprint density at radius 3 is 2.29 bits per heavy atom. The van der Waals surface area contributed by atoms with Crippen molar-refractivity contribution in [2.75, 3.05) is 52.5 Å². The summed E-state index contributed by atoms with van der Waals surface area (Å²) in [5.74, 6) is 0.868. The first-order valence-electron chi connectivity index (χ1n) is 9.72. The summed E-state index contributed by atoms with van der Waals surface area (Å²) in [6, 6.07) is 11.7. The summed E-state index contributed by atoms with van der Waals surface area (Å²) in [7, 11) is 1.20. The number of carbonyl (C=O) groups excluding carboxylic acids is 1. The third-order valence-electron chi connectivity index (χ3n) is 4.99. The summed E-state index contributed by atoms with van der Waals surface area (Å²) >= 11 is 0. The number of hydrogen-bond acceptors (Lipinski definition) is 6. The molecule has 1 saturated heterocycles. The van der Waals surface area contributed by atoms with Crippen molar-refractivity contribution in [3.63, 3.8) is 0 Å². The summed E-state index contributed by atoms with van der Waals surface area (Å²) in [6.45, 7) is 1.49. The lowest BCUT2D eigenvalue weighted by Crippen LogP contribution is -2.40. The van der Waals surface area contributed by atoms with E-state index in [1.54, 1.807) is 62.7 Å². The van der Waals surface area contributed by atoms with Crippen LogP contribution in [0.4, 0.5) is 5.69 Å². The van der Waals surface area contributed by atoms with Gasteiger partial charge in [-0.15, -0.1) is 0 Å². The van der Waals surface area contributed by atoms with Crippen LogP contribution in [-0.2, 0) is 19.6 Å². The largest absolute Gasteiger partial charge is 0.493 e. The number of amides is 1. The van der Waals surface area contributed by atoms with Gasteiger partial charge >= 0.3 is 0 Å². The topological polar surface area (TPSA) is 85.4 Å². The molecule has 3 rings (SSSR count). The maximum atomic E-state index is 12.7. The third-order valence-corrected chi connectivity index (χ3v) is 6.90. The van der Waals surface area contributed by atoms with Gasteiger partial charge < -0.3 is 19.1 Å². The van der Waals surface area contributed by atoms with Gasteiger partial charge in [0.15, 0.2) is 11.5 Å². The molecule has 1 heterocycles. The SMILES string of the molecule is COc1ccc(N(C)C(=O)/C=C/c2ccc(S(=O)(=O)N3CCOCC3)cc2)cc1OC. The molecule has 0 atom stereocenters. The molecule has 2 aromatic rings. The standard InChI is InChI=1S/C22H26N2O6S/c1-23(18-7-10-20(28-2)21(16-18)29-3)22(25)11-6-17-4-8-19(9-5-17)31(26,27)24-12-14-30-15-13-24/h4-11,16H,12-15H2,1-3H3/b11-6+. The van der Waals surface area contributed by atoms with E-state index in [1.807, 2.05) is 0 Å². The molecule has 0 aromatic heterocycles. The molecule has 1 aliphatic rings. The van der Waals surface area contributed by atoms with Crippen LogP contribution in [0.15, 0.2) is 53.4 Å². The molecule has 8 nitrogen and oxygen atoms in total. The quantitative estimate of drug-likeness (QED) is 0.607. The Labute approximate surface area is 182 Å². The average Bonchev–Trinajstić information content (AvgIpc) is 2.82. The van der Waals surface area contributed by atoms with Gasteiger partial charge in [-0.05, 0) is 35.9 Å². The molecule has 0 N–H and O–H groups in total. The van der Waals surface area contributed by atoms with Gasteiger partial charge in [0.25, 0.3) is 5.91 Å². The van der Waals surface area contributed by atoms with E-state index in [4.69, 9.17) is 14.2 Å². The van der Waals surface area contributed by atoms with Crippen molar-refractivity contribution in [2.24, 2.45) is 0 Å². The Hall–Kier alpha value is -2.88. The van der Waals surface area contributed by atoms with E-state index in [0.29, 0.717) is 43.5 Å². The predicted octanol–water partition coefficient (Wildman–Crippen LogP) is 2.40. The van der Waals surface area contributed by atoms with E-state index in [-0.39, 0.29) is 10.8 Å². The van der Waals surface area contributed by atoms with Crippen molar-refractivity contribution < 1.29 is 27.4 Å². The van der Waals surface area contributed by atoms with Gasteiger partial charge in [0.1, 0.15) is 0 Å². The van der Waals surface area contributed by atoms with Crippen LogP contribution in [-0.4, -0.2) is 66.2 Å². The van der Waals surface area contributed by atoms with E-state index in [0.717, 1.165) is 5.56 Å². The molecule has 0 unspecified atom stereocenters. The highest BCUT2D eigenvalue weighted by Gasteiger charge is 2.26. The zero-order valence-electron chi connectivity index (χ0n) is 17.8. The van der Waals surface area contributed by atoms with Crippen molar-refractivity contribution >= 4 is 27.7 Å². The number of carbonyl (C=O) groups is 1. The molecule has 1 amide bonds. The molecule has 31 heavy (non-hydrogen) atoms. The molecule has 0 bridgehead atoms. The normalized spacial score (nSPS) is 15.1. The summed E-state index contributed by atoms with van der Waals surface area (Å²) in [5.41, 5.74) is 1.37. The van der Waals surface area contributed by atoms with Crippen LogP contribution in [0.1, 0.15) is 5.56 Å². The first-order chi connectivity index (χ1) is 14.9. The Bertz CT molecular complexity index is 1040. The molecule has 2 aromatic carbocycles. The highest BCUT2D eigenvalue weighted by Crippen LogP contribution is 2.31. The molecule has 0 saturated carbocycles. The van der Waals surface area contributed by atoms with Crippen molar-refractivity contribution in [2.45, 2.75) is 4.90 Å². The Kier molecular flexibility index (Phi) is 7.32. The number of likely N-dealkylation sites (N-methyl/N-ethyl adjacent to an activating group) is 1. The van der Waals surface area contributed by atoms with Crippen LogP contribution in [0.3, 0.4) is 0 Å². The number of benzene rings is 2. The fourth-order valence-corrected chi connectivity index (χ4v) is 4.53. The van der Waals surface area contributed by atoms with E-state index in [2.05, 4.69) is 0 Å².